The van der Waals surface area contributed by atoms with E-state index in [0.29, 0.717) is 0 Å². The van der Waals surface area contributed by atoms with Gasteiger partial charge in [-0.15, -0.1) is 0 Å². The summed E-state index contributed by atoms with van der Waals surface area (Å²) in [5.41, 5.74) is 1.12. The largest absolute Gasteiger partial charge is 0.348 e. The van der Waals surface area contributed by atoms with Crippen LogP contribution in [0.25, 0.3) is 0 Å². The molecule has 0 radical (unpaired) electrons. The first kappa shape index (κ1) is 17.1. The van der Waals surface area contributed by atoms with Crippen molar-refractivity contribution in [3.63, 3.8) is 0 Å². The lowest BCUT2D eigenvalue weighted by atomic mass is 10.1. The van der Waals surface area contributed by atoms with Crippen LogP contribution in [0.2, 0.25) is 0 Å². The molecule has 0 aliphatic rings. The van der Waals surface area contributed by atoms with Crippen molar-refractivity contribution in [1.29, 1.82) is 0 Å². The fraction of sp³-hybridized carbons (Fsp3) is 0.176. The lowest BCUT2D eigenvalue weighted by Gasteiger charge is -2.16. The summed E-state index contributed by atoms with van der Waals surface area (Å²) < 4.78 is 14.0. The molecule has 2 amide bonds. The van der Waals surface area contributed by atoms with Crippen molar-refractivity contribution < 1.29 is 14.0 Å². The third-order valence-electron chi connectivity index (χ3n) is 3.25. The molecule has 0 saturated heterocycles. The molecule has 0 heterocycles. The van der Waals surface area contributed by atoms with Gasteiger partial charge in [0.25, 0.3) is 5.91 Å². The van der Waals surface area contributed by atoms with Crippen LogP contribution in [0.4, 0.5) is 4.39 Å². The predicted molar refractivity (Wildman–Crippen MR) is 89.4 cm³/mol. The first-order valence-electron chi connectivity index (χ1n) is 7.05. The minimum atomic E-state index is -0.496. The molecule has 2 N–H and O–H groups in total. The third-order valence-corrected chi connectivity index (χ3v) is 3.97. The Morgan fingerprint density at radius 1 is 1.17 bits per heavy atom. The Bertz CT molecular complexity index is 721. The van der Waals surface area contributed by atoms with Crippen molar-refractivity contribution in [2.24, 2.45) is 0 Å². The molecule has 0 fully saturated rings. The molecule has 0 aliphatic carbocycles. The van der Waals surface area contributed by atoms with Gasteiger partial charge in [0.15, 0.2) is 0 Å². The Morgan fingerprint density at radius 3 is 2.61 bits per heavy atom. The van der Waals surface area contributed by atoms with Gasteiger partial charge >= 0.3 is 0 Å². The molecular formula is C17H16BrFN2O2. The van der Waals surface area contributed by atoms with Crippen LogP contribution in [0.1, 0.15) is 28.9 Å². The third kappa shape index (κ3) is 4.89. The number of nitrogens with one attached hydrogen (secondary N) is 2. The SMILES string of the molecule is CC(NC(=O)CNC(=O)c1cccc(F)c1)c1ccccc1Br. The van der Waals surface area contributed by atoms with E-state index in [-0.39, 0.29) is 24.1 Å². The molecule has 4 nitrogen and oxygen atoms in total. The lowest BCUT2D eigenvalue weighted by Crippen LogP contribution is -2.38. The van der Waals surface area contributed by atoms with Crippen LogP contribution in [-0.2, 0) is 4.79 Å². The number of hydrogen-bond acceptors (Lipinski definition) is 2. The van der Waals surface area contributed by atoms with Crippen molar-refractivity contribution in [1.82, 2.24) is 10.6 Å². The number of carbonyl (C=O) groups excluding carboxylic acids is 2. The van der Waals surface area contributed by atoms with Crippen LogP contribution in [0.3, 0.4) is 0 Å². The van der Waals surface area contributed by atoms with Gasteiger partial charge in [-0.1, -0.05) is 40.2 Å². The second-order valence-corrected chi connectivity index (χ2v) is 5.86. The fourth-order valence-corrected chi connectivity index (χ4v) is 2.72. The Balaban J connectivity index is 1.88. The zero-order chi connectivity index (χ0) is 16.8. The van der Waals surface area contributed by atoms with Crippen molar-refractivity contribution in [3.8, 4) is 0 Å². The van der Waals surface area contributed by atoms with Crippen LogP contribution < -0.4 is 10.6 Å². The molecular weight excluding hydrogens is 363 g/mol. The predicted octanol–water partition coefficient (Wildman–Crippen LogP) is 3.20. The van der Waals surface area contributed by atoms with Gasteiger partial charge in [0.2, 0.25) is 5.91 Å². The average molecular weight is 379 g/mol. The van der Waals surface area contributed by atoms with Gasteiger partial charge in [-0.25, -0.2) is 4.39 Å². The van der Waals surface area contributed by atoms with Crippen molar-refractivity contribution in [2.45, 2.75) is 13.0 Å². The second kappa shape index (κ2) is 7.87. The number of carbonyl (C=O) groups is 2. The monoisotopic (exact) mass is 378 g/mol. The molecule has 0 spiro atoms. The number of amides is 2. The van der Waals surface area contributed by atoms with Gasteiger partial charge in [0.1, 0.15) is 5.82 Å². The summed E-state index contributed by atoms with van der Waals surface area (Å²) in [6, 6.07) is 12.7. The topological polar surface area (TPSA) is 58.2 Å². The van der Waals surface area contributed by atoms with E-state index >= 15 is 0 Å². The highest BCUT2D eigenvalue weighted by Gasteiger charge is 2.13. The molecule has 0 saturated carbocycles. The Hall–Kier alpha value is -2.21. The van der Waals surface area contributed by atoms with Gasteiger partial charge < -0.3 is 10.6 Å². The van der Waals surface area contributed by atoms with E-state index in [1.807, 2.05) is 31.2 Å². The molecule has 120 valence electrons. The van der Waals surface area contributed by atoms with Crippen LogP contribution in [0, 0.1) is 5.82 Å². The second-order valence-electron chi connectivity index (χ2n) is 5.00. The zero-order valence-corrected chi connectivity index (χ0v) is 14.1. The van der Waals surface area contributed by atoms with E-state index in [2.05, 4.69) is 26.6 Å². The molecule has 0 aliphatic heterocycles. The van der Waals surface area contributed by atoms with E-state index in [1.54, 1.807) is 0 Å². The maximum Gasteiger partial charge on any atom is 0.251 e. The van der Waals surface area contributed by atoms with E-state index in [4.69, 9.17) is 0 Å². The fourth-order valence-electron chi connectivity index (χ4n) is 2.09. The van der Waals surface area contributed by atoms with Gasteiger partial charge in [-0.2, -0.15) is 0 Å². The van der Waals surface area contributed by atoms with E-state index in [1.165, 1.54) is 18.2 Å². The molecule has 2 rings (SSSR count). The summed E-state index contributed by atoms with van der Waals surface area (Å²) in [6.45, 7) is 1.68. The Kier molecular flexibility index (Phi) is 5.87. The summed E-state index contributed by atoms with van der Waals surface area (Å²) in [4.78, 5) is 23.8. The van der Waals surface area contributed by atoms with Crippen molar-refractivity contribution >= 4 is 27.7 Å². The minimum Gasteiger partial charge on any atom is -0.348 e. The first-order chi connectivity index (χ1) is 11.0. The highest BCUT2D eigenvalue weighted by Crippen LogP contribution is 2.22. The Labute approximate surface area is 142 Å². The molecule has 6 heteroatoms. The lowest BCUT2D eigenvalue weighted by molar-refractivity contribution is -0.120. The van der Waals surface area contributed by atoms with Crippen LogP contribution in [0.5, 0.6) is 0 Å². The molecule has 1 unspecified atom stereocenters. The van der Waals surface area contributed by atoms with Gasteiger partial charge in [0.05, 0.1) is 12.6 Å². The van der Waals surface area contributed by atoms with Crippen molar-refractivity contribution in [2.75, 3.05) is 6.54 Å². The first-order valence-corrected chi connectivity index (χ1v) is 7.84. The molecule has 23 heavy (non-hydrogen) atoms. The molecule has 0 aromatic heterocycles. The maximum absolute atomic E-state index is 13.1. The summed E-state index contributed by atoms with van der Waals surface area (Å²) in [7, 11) is 0. The highest BCUT2D eigenvalue weighted by atomic mass is 79.9. The van der Waals surface area contributed by atoms with Gasteiger partial charge in [-0.3, -0.25) is 9.59 Å². The van der Waals surface area contributed by atoms with Crippen LogP contribution >= 0.6 is 15.9 Å². The number of hydrogen-bond donors (Lipinski definition) is 2. The molecule has 1 atom stereocenters. The highest BCUT2D eigenvalue weighted by molar-refractivity contribution is 9.10. The van der Waals surface area contributed by atoms with Crippen LogP contribution in [0.15, 0.2) is 53.0 Å². The molecule has 2 aromatic rings. The summed E-state index contributed by atoms with van der Waals surface area (Å²) in [5, 5.41) is 5.27. The number of rotatable bonds is 5. The van der Waals surface area contributed by atoms with Crippen molar-refractivity contribution in [3.05, 3.63) is 69.9 Å². The average Bonchev–Trinajstić information content (AvgIpc) is 2.53. The zero-order valence-electron chi connectivity index (χ0n) is 12.5. The summed E-state index contributed by atoms with van der Waals surface area (Å²) >= 11 is 3.43. The van der Waals surface area contributed by atoms with E-state index in [9.17, 15) is 14.0 Å². The quantitative estimate of drug-likeness (QED) is 0.839. The number of halogens is 2. The van der Waals surface area contributed by atoms with E-state index < -0.39 is 11.7 Å². The summed E-state index contributed by atoms with van der Waals surface area (Å²) in [6.07, 6.45) is 0. The van der Waals surface area contributed by atoms with Gasteiger partial charge in [0, 0.05) is 10.0 Å². The van der Waals surface area contributed by atoms with Gasteiger partial charge in [-0.05, 0) is 36.8 Å². The normalized spacial score (nSPS) is 11.6. The van der Waals surface area contributed by atoms with E-state index in [0.717, 1.165) is 16.1 Å². The number of benzene rings is 2. The molecule has 2 aromatic carbocycles. The maximum atomic E-state index is 13.1. The smallest absolute Gasteiger partial charge is 0.251 e. The molecule has 0 bridgehead atoms. The summed E-state index contributed by atoms with van der Waals surface area (Å²) in [5.74, 6) is -1.31. The van der Waals surface area contributed by atoms with Crippen LogP contribution in [-0.4, -0.2) is 18.4 Å². The Morgan fingerprint density at radius 2 is 1.91 bits per heavy atom. The minimum absolute atomic E-state index is 0.176. The standard InChI is InChI=1S/C17H16BrFN2O2/c1-11(14-7-2-3-8-15(14)18)21-16(22)10-20-17(23)12-5-4-6-13(19)9-12/h2-9,11H,10H2,1H3,(H,20,23)(H,21,22).